The van der Waals surface area contributed by atoms with Gasteiger partial charge in [-0.25, -0.2) is 0 Å². The number of hydrogen-bond acceptors (Lipinski definition) is 4. The van der Waals surface area contributed by atoms with Crippen LogP contribution in [-0.2, 0) is 0 Å². The summed E-state index contributed by atoms with van der Waals surface area (Å²) in [6.45, 7) is 4.97. The van der Waals surface area contributed by atoms with Crippen molar-refractivity contribution in [2.45, 2.75) is 57.9 Å². The highest BCUT2D eigenvalue weighted by molar-refractivity contribution is 5.94. The van der Waals surface area contributed by atoms with Crippen molar-refractivity contribution in [2.75, 3.05) is 44.7 Å². The molecule has 2 aromatic rings. The number of likely N-dealkylation sites (tertiary alicyclic amines) is 2. The molecule has 5 nitrogen and oxygen atoms in total. The molecule has 8 heteroatoms. The van der Waals surface area contributed by atoms with E-state index in [1.807, 2.05) is 36.2 Å². The van der Waals surface area contributed by atoms with Crippen LogP contribution in [0.1, 0.15) is 49.9 Å². The molecular weight excluding hydrogens is 479 g/mol. The van der Waals surface area contributed by atoms with Crippen molar-refractivity contribution in [3.63, 3.8) is 0 Å². The molecule has 0 aliphatic carbocycles. The van der Waals surface area contributed by atoms with Crippen LogP contribution in [0, 0.1) is 5.41 Å². The van der Waals surface area contributed by atoms with Crippen LogP contribution < -0.4 is 4.90 Å². The minimum absolute atomic E-state index is 0.0337. The monoisotopic (exact) mass is 517 g/mol. The molecule has 0 aromatic heterocycles. The number of alkyl halides is 3. The molecule has 0 radical (unpaired) electrons. The summed E-state index contributed by atoms with van der Waals surface area (Å²) in [6, 6.07) is 16.1. The highest BCUT2D eigenvalue weighted by Crippen LogP contribution is 2.38. The number of hydrogen-bond donors (Lipinski definition) is 1. The number of rotatable bonds is 6. The molecule has 2 aliphatic rings. The summed E-state index contributed by atoms with van der Waals surface area (Å²) >= 11 is 0. The highest BCUT2D eigenvalue weighted by Gasteiger charge is 2.48. The number of aliphatic hydroxyl groups excluding tert-OH is 1. The molecule has 2 aliphatic heterocycles. The molecule has 2 saturated heterocycles. The Labute approximate surface area is 217 Å². The number of piperidine rings is 2. The van der Waals surface area contributed by atoms with Gasteiger partial charge in [-0.2, -0.15) is 13.2 Å². The fraction of sp³-hybridized carbons (Fsp3) is 0.552. The van der Waals surface area contributed by atoms with Crippen molar-refractivity contribution in [3.05, 3.63) is 54.1 Å². The quantitative estimate of drug-likeness (QED) is 0.555. The number of halogens is 3. The first-order valence-electron chi connectivity index (χ1n) is 13.1. The summed E-state index contributed by atoms with van der Waals surface area (Å²) in [6.07, 6.45) is -1.42. The first-order chi connectivity index (χ1) is 17.4. The average molecular weight is 518 g/mol. The summed E-state index contributed by atoms with van der Waals surface area (Å²) in [5, 5.41) is 9.85. The molecule has 2 fully saturated rings. The Morgan fingerprint density at radius 1 is 0.946 bits per heavy atom. The molecule has 1 atom stereocenters. The van der Waals surface area contributed by atoms with Gasteiger partial charge < -0.3 is 19.8 Å². The zero-order valence-corrected chi connectivity index (χ0v) is 22.0. The molecule has 1 N–H and O–H groups in total. The van der Waals surface area contributed by atoms with E-state index in [0.717, 1.165) is 42.5 Å². The van der Waals surface area contributed by atoms with E-state index in [1.54, 1.807) is 4.90 Å². The fourth-order valence-corrected chi connectivity index (χ4v) is 5.34. The molecule has 4 rings (SSSR count). The Balaban J connectivity index is 1.33. The van der Waals surface area contributed by atoms with Crippen molar-refractivity contribution in [1.29, 1.82) is 0 Å². The Kier molecular flexibility index (Phi) is 8.19. The van der Waals surface area contributed by atoms with Gasteiger partial charge >= 0.3 is 6.18 Å². The second-order valence-electron chi connectivity index (χ2n) is 11.2. The number of anilines is 1. The van der Waals surface area contributed by atoms with Gasteiger partial charge in [0, 0.05) is 57.1 Å². The van der Waals surface area contributed by atoms with Crippen LogP contribution >= 0.6 is 0 Å². The minimum atomic E-state index is -4.20. The summed E-state index contributed by atoms with van der Waals surface area (Å²) in [7, 11) is 2.05. The zero-order valence-electron chi connectivity index (χ0n) is 22.0. The summed E-state index contributed by atoms with van der Waals surface area (Å²) in [4.78, 5) is 18.6. The number of carbonyl (C=O) groups excluding carboxylic acids is 1. The molecule has 202 valence electrons. The van der Waals surface area contributed by atoms with Crippen molar-refractivity contribution in [1.82, 2.24) is 9.80 Å². The van der Waals surface area contributed by atoms with Gasteiger partial charge in [0.15, 0.2) is 0 Å². The van der Waals surface area contributed by atoms with Gasteiger partial charge in [0.2, 0.25) is 0 Å². The van der Waals surface area contributed by atoms with Crippen molar-refractivity contribution < 1.29 is 23.1 Å². The average Bonchev–Trinajstić information content (AvgIpc) is 2.88. The smallest absolute Gasteiger partial charge is 0.391 e. The molecule has 1 amide bonds. The van der Waals surface area contributed by atoms with Gasteiger partial charge in [0.25, 0.3) is 5.91 Å². The second kappa shape index (κ2) is 11.0. The van der Waals surface area contributed by atoms with E-state index in [4.69, 9.17) is 0 Å². The second-order valence-corrected chi connectivity index (χ2v) is 11.2. The van der Waals surface area contributed by atoms with Crippen LogP contribution in [0.3, 0.4) is 0 Å². The molecular formula is C29H38F3N3O2. The van der Waals surface area contributed by atoms with E-state index in [1.165, 1.54) is 13.8 Å². The van der Waals surface area contributed by atoms with Crippen LogP contribution in [0.4, 0.5) is 18.9 Å². The van der Waals surface area contributed by atoms with Crippen LogP contribution in [0.15, 0.2) is 48.5 Å². The third kappa shape index (κ3) is 6.47. The number of aliphatic hydroxyl groups is 1. The predicted octanol–water partition coefficient (Wildman–Crippen LogP) is 5.44. The Bertz CT molecular complexity index is 1050. The normalized spacial score (nSPS) is 20.2. The van der Waals surface area contributed by atoms with E-state index >= 15 is 0 Å². The summed E-state index contributed by atoms with van der Waals surface area (Å²) < 4.78 is 39.8. The minimum Gasteiger partial charge on any atom is -0.391 e. The van der Waals surface area contributed by atoms with E-state index in [0.29, 0.717) is 31.7 Å². The molecule has 0 spiro atoms. The standard InChI is InChI=1S/C29H38F3N3O2/c1-28(2,29(30,31)32)20-34-17-14-25(15-18-34)33(3)24-12-10-22(11-13-24)21-6-8-23(9-7-21)27(37)35-16-4-5-26(36)19-35/h6-13,25-26,36H,4-5,14-20H2,1-3H3/t26-/m0/s1. The number of benzene rings is 2. The molecule has 37 heavy (non-hydrogen) atoms. The first kappa shape index (κ1) is 27.5. The SMILES string of the molecule is CN(c1ccc(-c2ccc(C(=O)N3CCC[C@H](O)C3)cc2)cc1)C1CCN(CC(C)(C)C(F)(F)F)CC1. The topological polar surface area (TPSA) is 47.0 Å². The van der Waals surface area contributed by atoms with Crippen molar-refractivity contribution in [2.24, 2.45) is 5.41 Å². The van der Waals surface area contributed by atoms with Crippen LogP contribution in [0.25, 0.3) is 11.1 Å². The van der Waals surface area contributed by atoms with Crippen LogP contribution in [0.2, 0.25) is 0 Å². The number of amides is 1. The summed E-state index contributed by atoms with van der Waals surface area (Å²) in [5.41, 5.74) is 2.06. The largest absolute Gasteiger partial charge is 0.395 e. The lowest BCUT2D eigenvalue weighted by Crippen LogP contribution is -2.49. The molecule has 2 aromatic carbocycles. The lowest BCUT2D eigenvalue weighted by atomic mass is 9.90. The maximum atomic E-state index is 13.3. The van der Waals surface area contributed by atoms with Crippen LogP contribution in [-0.4, -0.2) is 78.9 Å². The van der Waals surface area contributed by atoms with Crippen molar-refractivity contribution >= 4 is 11.6 Å². The lowest BCUT2D eigenvalue weighted by molar-refractivity contribution is -0.217. The fourth-order valence-electron chi connectivity index (χ4n) is 5.34. The van der Waals surface area contributed by atoms with E-state index in [-0.39, 0.29) is 18.5 Å². The van der Waals surface area contributed by atoms with Gasteiger partial charge in [-0.15, -0.1) is 0 Å². The van der Waals surface area contributed by atoms with E-state index in [2.05, 4.69) is 29.2 Å². The number of carbonyl (C=O) groups is 1. The van der Waals surface area contributed by atoms with E-state index < -0.39 is 17.7 Å². The third-order valence-electron chi connectivity index (χ3n) is 7.91. The molecule has 0 bridgehead atoms. The van der Waals surface area contributed by atoms with Gasteiger partial charge in [0.1, 0.15) is 0 Å². The Morgan fingerprint density at radius 3 is 2.05 bits per heavy atom. The Hall–Kier alpha value is -2.58. The predicted molar refractivity (Wildman–Crippen MR) is 141 cm³/mol. The molecule has 2 heterocycles. The highest BCUT2D eigenvalue weighted by atomic mass is 19.4. The van der Waals surface area contributed by atoms with Crippen molar-refractivity contribution in [3.8, 4) is 11.1 Å². The van der Waals surface area contributed by atoms with Crippen LogP contribution in [0.5, 0.6) is 0 Å². The summed E-state index contributed by atoms with van der Waals surface area (Å²) in [5.74, 6) is -0.0460. The van der Waals surface area contributed by atoms with Gasteiger partial charge in [-0.3, -0.25) is 4.79 Å². The first-order valence-corrected chi connectivity index (χ1v) is 13.1. The zero-order chi connectivity index (χ0) is 26.8. The maximum Gasteiger partial charge on any atom is 0.395 e. The number of nitrogens with zero attached hydrogens (tertiary/aromatic N) is 3. The van der Waals surface area contributed by atoms with E-state index in [9.17, 15) is 23.1 Å². The maximum absolute atomic E-state index is 13.3. The van der Waals surface area contributed by atoms with Gasteiger partial charge in [-0.1, -0.05) is 24.3 Å². The Morgan fingerprint density at radius 2 is 1.51 bits per heavy atom. The molecule has 0 saturated carbocycles. The third-order valence-corrected chi connectivity index (χ3v) is 7.91. The van der Waals surface area contributed by atoms with Gasteiger partial charge in [-0.05, 0) is 74.9 Å². The lowest BCUT2D eigenvalue weighted by Gasteiger charge is -2.41. The molecule has 0 unspecified atom stereocenters. The number of β-amino-alcohol motifs (C(OH)–C–C–N with tert-alkyl or cyclic N) is 1. The van der Waals surface area contributed by atoms with Gasteiger partial charge in [0.05, 0.1) is 11.5 Å².